The molecule has 2 saturated heterocycles. The molecule has 3 rings (SSSR count). The normalized spacial score (nSPS) is 23.1. The first-order chi connectivity index (χ1) is 11.1. The first-order valence-corrected chi connectivity index (χ1v) is 8.64. The lowest BCUT2D eigenvalue weighted by molar-refractivity contribution is -0.130. The van der Waals surface area contributed by atoms with E-state index in [0.29, 0.717) is 12.1 Å². The van der Waals surface area contributed by atoms with Crippen LogP contribution in [-0.2, 0) is 4.79 Å². The molecule has 0 bridgehead atoms. The number of halogens is 1. The number of benzene rings is 1. The third kappa shape index (κ3) is 4.22. The van der Waals surface area contributed by atoms with Crippen molar-refractivity contribution in [2.75, 3.05) is 31.1 Å². The van der Waals surface area contributed by atoms with E-state index in [9.17, 15) is 9.18 Å². The van der Waals surface area contributed by atoms with E-state index in [1.807, 2.05) is 11.0 Å². The van der Waals surface area contributed by atoms with Gasteiger partial charge in [0.15, 0.2) is 0 Å². The van der Waals surface area contributed by atoms with E-state index < -0.39 is 0 Å². The molecule has 23 heavy (non-hydrogen) atoms. The van der Waals surface area contributed by atoms with Crippen molar-refractivity contribution in [3.8, 4) is 0 Å². The van der Waals surface area contributed by atoms with Crippen LogP contribution in [0.3, 0.4) is 0 Å². The van der Waals surface area contributed by atoms with Crippen LogP contribution < -0.4 is 10.2 Å². The van der Waals surface area contributed by atoms with Crippen molar-refractivity contribution >= 4 is 11.6 Å². The number of nitrogens with one attached hydrogen (secondary N) is 1. The molecule has 0 saturated carbocycles. The number of carbonyl (C=O) groups is 1. The Morgan fingerprint density at radius 2 is 1.96 bits per heavy atom. The molecule has 4 nitrogen and oxygen atoms in total. The number of rotatable bonds is 3. The monoisotopic (exact) mass is 319 g/mol. The summed E-state index contributed by atoms with van der Waals surface area (Å²) in [7, 11) is 0. The molecular weight excluding hydrogens is 293 g/mol. The lowest BCUT2D eigenvalue weighted by Crippen LogP contribution is -2.52. The van der Waals surface area contributed by atoms with Gasteiger partial charge in [0.1, 0.15) is 5.82 Å². The van der Waals surface area contributed by atoms with E-state index in [1.165, 1.54) is 6.07 Å². The zero-order valence-corrected chi connectivity index (χ0v) is 13.8. The number of hydrogen-bond acceptors (Lipinski definition) is 3. The lowest BCUT2D eigenvalue weighted by atomic mass is 9.99. The second-order valence-electron chi connectivity index (χ2n) is 6.71. The first-order valence-electron chi connectivity index (χ1n) is 8.64. The van der Waals surface area contributed by atoms with E-state index in [-0.39, 0.29) is 11.7 Å². The van der Waals surface area contributed by atoms with Crippen LogP contribution in [0.2, 0.25) is 0 Å². The highest BCUT2D eigenvalue weighted by molar-refractivity contribution is 5.73. The summed E-state index contributed by atoms with van der Waals surface area (Å²) in [6.45, 7) is 5.28. The maximum atomic E-state index is 13.3. The maximum Gasteiger partial charge on any atom is 0.219 e. The number of hydrogen-bond donors (Lipinski definition) is 1. The van der Waals surface area contributed by atoms with Gasteiger partial charge in [0.05, 0.1) is 0 Å². The minimum absolute atomic E-state index is 0.172. The average Bonchev–Trinajstić information content (AvgIpc) is 2.56. The molecular formula is C18H26FN3O. The van der Waals surface area contributed by atoms with Crippen molar-refractivity contribution in [3.05, 3.63) is 30.1 Å². The van der Waals surface area contributed by atoms with Gasteiger partial charge < -0.3 is 15.1 Å². The van der Waals surface area contributed by atoms with Crippen molar-refractivity contribution in [2.24, 2.45) is 0 Å². The van der Waals surface area contributed by atoms with Crippen molar-refractivity contribution in [3.63, 3.8) is 0 Å². The third-order valence-corrected chi connectivity index (χ3v) is 5.01. The van der Waals surface area contributed by atoms with Gasteiger partial charge in [-0.15, -0.1) is 0 Å². The Morgan fingerprint density at radius 1 is 1.17 bits per heavy atom. The molecule has 0 unspecified atom stereocenters. The second-order valence-corrected chi connectivity index (χ2v) is 6.71. The van der Waals surface area contributed by atoms with Gasteiger partial charge in [0.2, 0.25) is 5.91 Å². The molecule has 2 aliphatic rings. The molecule has 1 atom stereocenters. The van der Waals surface area contributed by atoms with E-state index in [2.05, 4.69) is 10.2 Å². The molecule has 1 amide bonds. The molecule has 2 heterocycles. The minimum atomic E-state index is -0.172. The molecule has 1 aromatic carbocycles. The van der Waals surface area contributed by atoms with Gasteiger partial charge >= 0.3 is 0 Å². The van der Waals surface area contributed by atoms with Crippen LogP contribution in [-0.4, -0.2) is 49.1 Å². The fourth-order valence-electron chi connectivity index (χ4n) is 3.71. The van der Waals surface area contributed by atoms with E-state index in [1.54, 1.807) is 19.1 Å². The van der Waals surface area contributed by atoms with Gasteiger partial charge in [0, 0.05) is 50.9 Å². The number of likely N-dealkylation sites (tertiary alicyclic amines) is 1. The Morgan fingerprint density at radius 3 is 2.65 bits per heavy atom. The lowest BCUT2D eigenvalue weighted by Gasteiger charge is -2.38. The van der Waals surface area contributed by atoms with Gasteiger partial charge in [-0.2, -0.15) is 0 Å². The quantitative estimate of drug-likeness (QED) is 0.929. The second kappa shape index (κ2) is 7.30. The number of anilines is 1. The van der Waals surface area contributed by atoms with Crippen LogP contribution in [0.15, 0.2) is 24.3 Å². The van der Waals surface area contributed by atoms with E-state index in [4.69, 9.17) is 0 Å². The highest BCUT2D eigenvalue weighted by Crippen LogP contribution is 2.21. The topological polar surface area (TPSA) is 35.6 Å². The first kappa shape index (κ1) is 16.2. The fourth-order valence-corrected chi connectivity index (χ4v) is 3.71. The summed E-state index contributed by atoms with van der Waals surface area (Å²) >= 11 is 0. The molecule has 0 aromatic heterocycles. The molecule has 0 radical (unpaired) electrons. The molecule has 1 N–H and O–H groups in total. The number of amides is 1. The fraction of sp³-hybridized carbons (Fsp3) is 0.611. The molecule has 5 heteroatoms. The Kier molecular flexibility index (Phi) is 5.16. The highest BCUT2D eigenvalue weighted by Gasteiger charge is 2.26. The standard InChI is InChI=1S/C18H26FN3O/c1-14(23)22-9-3-5-17(13-22)20-16-7-10-21(11-8-16)18-6-2-4-15(19)12-18/h2,4,6,12,16-17,20H,3,5,7-11,13H2,1H3/t17-/m1/s1. The smallest absolute Gasteiger partial charge is 0.219 e. The summed E-state index contributed by atoms with van der Waals surface area (Å²) < 4.78 is 13.3. The average molecular weight is 319 g/mol. The number of nitrogens with zero attached hydrogens (tertiary/aromatic N) is 2. The zero-order valence-electron chi connectivity index (χ0n) is 13.8. The summed E-state index contributed by atoms with van der Waals surface area (Å²) in [5, 5.41) is 3.73. The van der Waals surface area contributed by atoms with Crippen LogP contribution in [0.1, 0.15) is 32.6 Å². The van der Waals surface area contributed by atoms with Crippen molar-refractivity contribution in [1.29, 1.82) is 0 Å². The third-order valence-electron chi connectivity index (χ3n) is 5.01. The van der Waals surface area contributed by atoms with Crippen LogP contribution in [0, 0.1) is 5.82 Å². The largest absolute Gasteiger partial charge is 0.371 e. The Labute approximate surface area is 137 Å². The van der Waals surface area contributed by atoms with E-state index >= 15 is 0 Å². The SMILES string of the molecule is CC(=O)N1CCC[C@@H](NC2CCN(c3cccc(F)c3)CC2)C1. The van der Waals surface area contributed by atoms with Crippen molar-refractivity contribution in [2.45, 2.75) is 44.7 Å². The summed E-state index contributed by atoms with van der Waals surface area (Å²) in [6, 6.07) is 7.76. The number of piperidine rings is 2. The van der Waals surface area contributed by atoms with Crippen LogP contribution >= 0.6 is 0 Å². The minimum Gasteiger partial charge on any atom is -0.371 e. The van der Waals surface area contributed by atoms with Crippen molar-refractivity contribution in [1.82, 2.24) is 10.2 Å². The molecule has 0 aliphatic carbocycles. The zero-order chi connectivity index (χ0) is 16.2. The van der Waals surface area contributed by atoms with Crippen LogP contribution in [0.5, 0.6) is 0 Å². The molecule has 2 fully saturated rings. The van der Waals surface area contributed by atoms with Crippen LogP contribution in [0.25, 0.3) is 0 Å². The van der Waals surface area contributed by atoms with Gasteiger partial charge in [-0.25, -0.2) is 4.39 Å². The maximum absolute atomic E-state index is 13.3. The van der Waals surface area contributed by atoms with Gasteiger partial charge in [-0.3, -0.25) is 4.79 Å². The summed E-state index contributed by atoms with van der Waals surface area (Å²) in [6.07, 6.45) is 4.35. The predicted molar refractivity (Wildman–Crippen MR) is 90.0 cm³/mol. The van der Waals surface area contributed by atoms with Gasteiger partial charge in [0.25, 0.3) is 0 Å². The summed E-state index contributed by atoms with van der Waals surface area (Å²) in [5.74, 6) is 0.00621. The molecule has 2 aliphatic heterocycles. The summed E-state index contributed by atoms with van der Waals surface area (Å²) in [4.78, 5) is 15.7. The molecule has 0 spiro atoms. The van der Waals surface area contributed by atoms with Crippen LogP contribution in [0.4, 0.5) is 10.1 Å². The van der Waals surface area contributed by atoms with Crippen molar-refractivity contribution < 1.29 is 9.18 Å². The molecule has 1 aromatic rings. The Hall–Kier alpha value is -1.62. The van der Waals surface area contributed by atoms with Gasteiger partial charge in [-0.1, -0.05) is 6.07 Å². The predicted octanol–water partition coefficient (Wildman–Crippen LogP) is 2.39. The Bertz CT molecular complexity index is 543. The molecule has 126 valence electrons. The number of carbonyl (C=O) groups excluding carboxylic acids is 1. The highest BCUT2D eigenvalue weighted by atomic mass is 19.1. The van der Waals surface area contributed by atoms with E-state index in [0.717, 1.165) is 57.5 Å². The Balaban J connectivity index is 1.48. The summed E-state index contributed by atoms with van der Waals surface area (Å²) in [5.41, 5.74) is 0.976. The van der Waals surface area contributed by atoms with Gasteiger partial charge in [-0.05, 0) is 43.9 Å².